The van der Waals surface area contributed by atoms with Gasteiger partial charge in [-0.05, 0) is 81.7 Å². The van der Waals surface area contributed by atoms with E-state index < -0.39 is 11.7 Å². The van der Waals surface area contributed by atoms with E-state index in [0.717, 1.165) is 52.5 Å². The number of carbonyl (C=O) groups is 1. The number of hydrogen-bond acceptors (Lipinski definition) is 4. The molecule has 3 aromatic rings. The summed E-state index contributed by atoms with van der Waals surface area (Å²) >= 11 is 0. The molecule has 5 heteroatoms. The van der Waals surface area contributed by atoms with Crippen LogP contribution in [-0.4, -0.2) is 28.4 Å². The molecule has 0 saturated carbocycles. The fourth-order valence-corrected chi connectivity index (χ4v) is 4.11. The summed E-state index contributed by atoms with van der Waals surface area (Å²) in [5.41, 5.74) is 6.97. The maximum Gasteiger partial charge on any atom is 0.407 e. The molecule has 2 N–H and O–H groups in total. The summed E-state index contributed by atoms with van der Waals surface area (Å²) in [7, 11) is 0. The van der Waals surface area contributed by atoms with E-state index in [0.29, 0.717) is 12.5 Å². The molecule has 0 aliphatic rings. The number of nitrogens with one attached hydrogen (secondary N) is 1. The predicted molar refractivity (Wildman–Crippen MR) is 139 cm³/mol. The third kappa shape index (κ3) is 6.80. The van der Waals surface area contributed by atoms with Crippen LogP contribution in [0.15, 0.2) is 42.5 Å². The van der Waals surface area contributed by atoms with E-state index in [1.807, 2.05) is 20.8 Å². The minimum Gasteiger partial charge on any atom is -0.444 e. The third-order valence-corrected chi connectivity index (χ3v) is 5.61. The van der Waals surface area contributed by atoms with Crippen molar-refractivity contribution < 1.29 is 14.6 Å². The molecule has 0 saturated heterocycles. The Morgan fingerprint density at radius 3 is 2.44 bits per heavy atom. The average Bonchev–Trinajstić information content (AvgIpc) is 2.75. The van der Waals surface area contributed by atoms with Crippen molar-refractivity contribution in [3.8, 4) is 11.1 Å². The standard InChI is InChI=1S/C29H38N2O3/c1-19(2)16-26-24(18-30-28(33)34-29(4,5)6)27(22-12-9-20(3)10-13-22)23-17-21(8-7-15-32)11-14-25(23)31-26/h9-14,17,19,32H,7-8,15-16,18H2,1-6H3,(H,30,33). The van der Waals surface area contributed by atoms with E-state index in [9.17, 15) is 9.90 Å². The molecule has 0 fully saturated rings. The van der Waals surface area contributed by atoms with Gasteiger partial charge in [-0.25, -0.2) is 4.79 Å². The van der Waals surface area contributed by atoms with Gasteiger partial charge in [0, 0.05) is 29.8 Å². The third-order valence-electron chi connectivity index (χ3n) is 5.61. The zero-order chi connectivity index (χ0) is 24.9. The number of amides is 1. The van der Waals surface area contributed by atoms with E-state index in [2.05, 4.69) is 68.6 Å². The van der Waals surface area contributed by atoms with Gasteiger partial charge in [-0.1, -0.05) is 49.7 Å². The Kier molecular flexibility index (Phi) is 8.32. The summed E-state index contributed by atoms with van der Waals surface area (Å²) in [6.45, 7) is 12.5. The van der Waals surface area contributed by atoms with Crippen LogP contribution < -0.4 is 5.32 Å². The number of rotatable bonds is 8. The lowest BCUT2D eigenvalue weighted by Gasteiger charge is -2.22. The molecule has 0 radical (unpaired) electrons. The monoisotopic (exact) mass is 462 g/mol. The second-order valence-corrected chi connectivity index (χ2v) is 10.4. The van der Waals surface area contributed by atoms with Crippen molar-refractivity contribution in [1.29, 1.82) is 0 Å². The summed E-state index contributed by atoms with van der Waals surface area (Å²) in [5, 5.41) is 13.3. The first-order valence-corrected chi connectivity index (χ1v) is 12.2. The fraction of sp³-hybridized carbons (Fsp3) is 0.448. The number of benzene rings is 2. The van der Waals surface area contributed by atoms with Gasteiger partial charge in [0.15, 0.2) is 0 Å². The number of carbonyl (C=O) groups excluding carboxylic acids is 1. The Morgan fingerprint density at radius 2 is 1.82 bits per heavy atom. The Labute approximate surface area is 203 Å². The van der Waals surface area contributed by atoms with Crippen LogP contribution in [0.3, 0.4) is 0 Å². The second kappa shape index (κ2) is 11.0. The van der Waals surface area contributed by atoms with Crippen molar-refractivity contribution in [2.24, 2.45) is 5.92 Å². The van der Waals surface area contributed by atoms with Crippen LogP contribution in [-0.2, 0) is 24.1 Å². The summed E-state index contributed by atoms with van der Waals surface area (Å²) in [4.78, 5) is 17.6. The van der Waals surface area contributed by atoms with Crippen LogP contribution in [0.25, 0.3) is 22.0 Å². The molecule has 0 spiro atoms. The minimum absolute atomic E-state index is 0.166. The molecule has 1 heterocycles. The number of ether oxygens (including phenoxy) is 1. The molecular weight excluding hydrogens is 424 g/mol. The smallest absolute Gasteiger partial charge is 0.407 e. The van der Waals surface area contributed by atoms with E-state index in [-0.39, 0.29) is 6.61 Å². The summed E-state index contributed by atoms with van der Waals surface area (Å²) in [5.74, 6) is 0.417. The zero-order valence-corrected chi connectivity index (χ0v) is 21.4. The highest BCUT2D eigenvalue weighted by Gasteiger charge is 2.21. The Bertz CT molecular complexity index is 1130. The fourth-order valence-electron chi connectivity index (χ4n) is 4.11. The van der Waals surface area contributed by atoms with Gasteiger partial charge >= 0.3 is 6.09 Å². The lowest BCUT2D eigenvalue weighted by atomic mass is 9.90. The van der Waals surface area contributed by atoms with Gasteiger partial charge in [0.25, 0.3) is 0 Å². The van der Waals surface area contributed by atoms with Gasteiger partial charge in [0.2, 0.25) is 0 Å². The molecule has 1 aromatic heterocycles. The van der Waals surface area contributed by atoms with Gasteiger partial charge in [0.1, 0.15) is 5.60 Å². The number of nitrogens with zero attached hydrogens (tertiary/aromatic N) is 1. The Hall–Kier alpha value is -2.92. The number of aromatic nitrogens is 1. The molecule has 2 aromatic carbocycles. The largest absolute Gasteiger partial charge is 0.444 e. The van der Waals surface area contributed by atoms with Crippen molar-refractivity contribution in [3.05, 3.63) is 64.8 Å². The maximum absolute atomic E-state index is 12.5. The summed E-state index contributed by atoms with van der Waals surface area (Å²) < 4.78 is 5.50. The first-order chi connectivity index (χ1) is 16.1. The quantitative estimate of drug-likeness (QED) is 0.409. The zero-order valence-electron chi connectivity index (χ0n) is 21.4. The highest BCUT2D eigenvalue weighted by atomic mass is 16.6. The van der Waals surface area contributed by atoms with Crippen LogP contribution in [0, 0.1) is 12.8 Å². The molecule has 0 atom stereocenters. The van der Waals surface area contributed by atoms with Gasteiger partial charge in [-0.15, -0.1) is 0 Å². The molecule has 182 valence electrons. The second-order valence-electron chi connectivity index (χ2n) is 10.4. The van der Waals surface area contributed by atoms with Crippen LogP contribution in [0.5, 0.6) is 0 Å². The number of pyridine rings is 1. The van der Waals surface area contributed by atoms with Crippen LogP contribution in [0.2, 0.25) is 0 Å². The molecule has 34 heavy (non-hydrogen) atoms. The van der Waals surface area contributed by atoms with E-state index in [4.69, 9.17) is 9.72 Å². The van der Waals surface area contributed by atoms with E-state index >= 15 is 0 Å². The number of aliphatic hydroxyl groups excluding tert-OH is 1. The van der Waals surface area contributed by atoms with Gasteiger partial charge in [0.05, 0.1) is 5.52 Å². The Balaban J connectivity index is 2.19. The normalized spacial score (nSPS) is 11.8. The lowest BCUT2D eigenvalue weighted by molar-refractivity contribution is 0.0523. The van der Waals surface area contributed by atoms with Crippen LogP contribution in [0.1, 0.15) is 63.4 Å². The molecule has 0 bridgehead atoms. The van der Waals surface area contributed by atoms with Crippen LogP contribution in [0.4, 0.5) is 4.79 Å². The minimum atomic E-state index is -0.562. The first-order valence-electron chi connectivity index (χ1n) is 12.2. The summed E-state index contributed by atoms with van der Waals surface area (Å²) in [6.07, 6.45) is 1.90. The van der Waals surface area contributed by atoms with Crippen LogP contribution >= 0.6 is 0 Å². The van der Waals surface area contributed by atoms with Crippen molar-refractivity contribution in [3.63, 3.8) is 0 Å². The van der Waals surface area contributed by atoms with E-state index in [1.54, 1.807) is 0 Å². The van der Waals surface area contributed by atoms with Crippen molar-refractivity contribution >= 4 is 17.0 Å². The summed E-state index contributed by atoms with van der Waals surface area (Å²) in [6, 6.07) is 14.9. The Morgan fingerprint density at radius 1 is 1.12 bits per heavy atom. The van der Waals surface area contributed by atoms with Crippen molar-refractivity contribution in [1.82, 2.24) is 10.3 Å². The average molecular weight is 463 g/mol. The number of aryl methyl sites for hydroxylation is 2. The molecule has 0 aliphatic heterocycles. The molecule has 5 nitrogen and oxygen atoms in total. The highest BCUT2D eigenvalue weighted by molar-refractivity contribution is 5.97. The topological polar surface area (TPSA) is 71.5 Å². The SMILES string of the molecule is Cc1ccc(-c2c(CNC(=O)OC(C)(C)C)c(CC(C)C)nc3ccc(CCCO)cc23)cc1. The van der Waals surface area contributed by atoms with Gasteiger partial charge < -0.3 is 15.2 Å². The molecule has 0 unspecified atom stereocenters. The number of aliphatic hydroxyl groups is 1. The van der Waals surface area contributed by atoms with Crippen molar-refractivity contribution in [2.45, 2.75) is 73.0 Å². The maximum atomic E-state index is 12.5. The molecule has 1 amide bonds. The van der Waals surface area contributed by atoms with Gasteiger partial charge in [-0.3, -0.25) is 4.98 Å². The number of hydrogen-bond donors (Lipinski definition) is 2. The molecular formula is C29H38N2O3. The highest BCUT2D eigenvalue weighted by Crippen LogP contribution is 2.35. The number of fused-ring (bicyclic) bond motifs is 1. The molecule has 0 aliphatic carbocycles. The lowest BCUT2D eigenvalue weighted by Crippen LogP contribution is -2.32. The van der Waals surface area contributed by atoms with Crippen molar-refractivity contribution in [2.75, 3.05) is 6.61 Å². The van der Waals surface area contributed by atoms with Gasteiger partial charge in [-0.2, -0.15) is 0 Å². The number of alkyl carbamates (subject to hydrolysis) is 1. The first kappa shape index (κ1) is 25.7. The predicted octanol–water partition coefficient (Wildman–Crippen LogP) is 6.36. The van der Waals surface area contributed by atoms with E-state index in [1.165, 1.54) is 11.1 Å². The molecule has 3 rings (SSSR count).